The van der Waals surface area contributed by atoms with Crippen molar-refractivity contribution in [1.29, 1.82) is 0 Å². The summed E-state index contributed by atoms with van der Waals surface area (Å²) in [6, 6.07) is 0. The minimum absolute atomic E-state index is 0.253. The number of halogens is 2. The highest BCUT2D eigenvalue weighted by Crippen LogP contribution is 2.24. The molecule has 0 saturated carbocycles. The summed E-state index contributed by atoms with van der Waals surface area (Å²) in [5.74, 6) is 0.813. The van der Waals surface area contributed by atoms with Gasteiger partial charge in [-0.2, -0.15) is 0 Å². The van der Waals surface area contributed by atoms with Crippen LogP contribution in [0.15, 0.2) is 6.33 Å². The number of alkyl halides is 2. The fourth-order valence-corrected chi connectivity index (χ4v) is 1.93. The van der Waals surface area contributed by atoms with E-state index in [4.69, 9.17) is 4.74 Å². The monoisotopic (exact) mass is 243 g/mol. The van der Waals surface area contributed by atoms with Gasteiger partial charge in [-0.3, -0.25) is 0 Å². The second-order valence-corrected chi connectivity index (χ2v) is 3.89. The molecule has 0 radical (unpaired) electrons. The van der Waals surface area contributed by atoms with Gasteiger partial charge in [0, 0.05) is 17.8 Å². The third-order valence-electron chi connectivity index (χ3n) is 2.66. The van der Waals surface area contributed by atoms with Crippen molar-refractivity contribution in [2.24, 2.45) is 0 Å². The first-order valence-corrected chi connectivity index (χ1v) is 5.70. The molecule has 0 spiro atoms. The Morgan fingerprint density at radius 1 is 1.35 bits per heavy atom. The number of nitrogens with one attached hydrogen (secondary N) is 1. The molecule has 0 fully saturated rings. The molecule has 1 aromatic heterocycles. The Labute approximate surface area is 98.4 Å². The van der Waals surface area contributed by atoms with Crippen molar-refractivity contribution in [3.63, 3.8) is 0 Å². The number of ether oxygens (including phenoxy) is 1. The maximum atomic E-state index is 11.8. The second-order valence-electron chi connectivity index (χ2n) is 3.89. The van der Waals surface area contributed by atoms with Crippen LogP contribution in [-0.2, 0) is 17.6 Å². The third kappa shape index (κ3) is 3.33. The fraction of sp³-hybridized carbons (Fsp3) is 0.636. The normalized spacial score (nSPS) is 14.1. The Morgan fingerprint density at radius 3 is 3.06 bits per heavy atom. The lowest BCUT2D eigenvalue weighted by Gasteiger charge is -2.09. The van der Waals surface area contributed by atoms with E-state index in [1.165, 1.54) is 6.33 Å². The van der Waals surface area contributed by atoms with Crippen LogP contribution in [0.2, 0.25) is 0 Å². The molecule has 94 valence electrons. The number of aryl methyl sites for hydroxylation is 1. The van der Waals surface area contributed by atoms with E-state index in [0.29, 0.717) is 6.54 Å². The largest absolute Gasteiger partial charge is 0.374 e. The fourth-order valence-electron chi connectivity index (χ4n) is 1.93. The van der Waals surface area contributed by atoms with Crippen LogP contribution in [0.25, 0.3) is 0 Å². The zero-order valence-corrected chi connectivity index (χ0v) is 9.46. The van der Waals surface area contributed by atoms with Crippen molar-refractivity contribution in [3.05, 3.63) is 17.6 Å². The van der Waals surface area contributed by atoms with Gasteiger partial charge in [0.05, 0.1) is 6.61 Å². The summed E-state index contributed by atoms with van der Waals surface area (Å²) < 4.78 is 28.4. The summed E-state index contributed by atoms with van der Waals surface area (Å²) in [5, 5.41) is 3.10. The van der Waals surface area contributed by atoms with E-state index >= 15 is 0 Å². The summed E-state index contributed by atoms with van der Waals surface area (Å²) >= 11 is 0. The molecule has 0 aliphatic heterocycles. The topological polar surface area (TPSA) is 47.0 Å². The minimum atomic E-state index is -2.40. The van der Waals surface area contributed by atoms with Crippen molar-refractivity contribution in [1.82, 2.24) is 9.97 Å². The van der Waals surface area contributed by atoms with Gasteiger partial charge in [-0.05, 0) is 19.3 Å². The lowest BCUT2D eigenvalue weighted by atomic mass is 10.2. The van der Waals surface area contributed by atoms with E-state index in [1.54, 1.807) is 0 Å². The smallest absolute Gasteiger partial charge is 0.261 e. The quantitative estimate of drug-likeness (QED) is 0.772. The molecular weight excluding hydrogens is 228 g/mol. The highest BCUT2D eigenvalue weighted by atomic mass is 19.3. The summed E-state index contributed by atoms with van der Waals surface area (Å²) in [7, 11) is 0. The molecule has 0 atom stereocenters. The summed E-state index contributed by atoms with van der Waals surface area (Å²) in [6.45, 7) is 0.225. The molecule has 0 bridgehead atoms. The van der Waals surface area contributed by atoms with E-state index in [2.05, 4.69) is 15.3 Å². The number of rotatable bonds is 6. The second kappa shape index (κ2) is 5.86. The van der Waals surface area contributed by atoms with Crippen LogP contribution in [0.1, 0.15) is 17.7 Å². The van der Waals surface area contributed by atoms with Gasteiger partial charge in [-0.25, -0.2) is 18.7 Å². The number of anilines is 1. The van der Waals surface area contributed by atoms with Gasteiger partial charge in [0.25, 0.3) is 6.43 Å². The van der Waals surface area contributed by atoms with Crippen LogP contribution in [0.5, 0.6) is 0 Å². The number of hydrogen-bond acceptors (Lipinski definition) is 4. The van der Waals surface area contributed by atoms with Gasteiger partial charge in [-0.15, -0.1) is 0 Å². The molecular formula is C11H15F2N3O. The summed E-state index contributed by atoms with van der Waals surface area (Å²) in [4.78, 5) is 8.36. The highest BCUT2D eigenvalue weighted by Gasteiger charge is 2.16. The molecule has 2 rings (SSSR count). The average Bonchev–Trinajstić information content (AvgIpc) is 2.77. The lowest BCUT2D eigenvalue weighted by molar-refractivity contribution is 0.0214. The molecule has 1 aliphatic rings. The Kier molecular flexibility index (Phi) is 4.19. The molecule has 6 heteroatoms. The predicted octanol–water partition coefficient (Wildman–Crippen LogP) is 1.66. The van der Waals surface area contributed by atoms with E-state index in [0.717, 1.165) is 36.3 Å². The summed E-state index contributed by atoms with van der Waals surface area (Å²) in [5.41, 5.74) is 2.25. The first kappa shape index (κ1) is 12.2. The SMILES string of the molecule is FC(F)COCCNc1ncnc2c1CCC2. The molecule has 0 unspecified atom stereocenters. The molecule has 1 aliphatic carbocycles. The Hall–Kier alpha value is -1.30. The number of nitrogens with zero attached hydrogens (tertiary/aromatic N) is 2. The average molecular weight is 243 g/mol. The van der Waals surface area contributed by atoms with Crippen LogP contribution >= 0.6 is 0 Å². The molecule has 1 aromatic rings. The van der Waals surface area contributed by atoms with Crippen LogP contribution in [0, 0.1) is 0 Å². The van der Waals surface area contributed by atoms with Crippen molar-refractivity contribution in [3.8, 4) is 0 Å². The zero-order chi connectivity index (χ0) is 12.1. The van der Waals surface area contributed by atoms with E-state index in [9.17, 15) is 8.78 Å². The van der Waals surface area contributed by atoms with Crippen LogP contribution < -0.4 is 5.32 Å². The van der Waals surface area contributed by atoms with Gasteiger partial charge in [0.15, 0.2) is 0 Å². The van der Waals surface area contributed by atoms with Gasteiger partial charge in [0.2, 0.25) is 0 Å². The van der Waals surface area contributed by atoms with Crippen molar-refractivity contribution in [2.75, 3.05) is 25.1 Å². The number of aromatic nitrogens is 2. The summed E-state index contributed by atoms with van der Waals surface area (Å²) in [6.07, 6.45) is 2.21. The minimum Gasteiger partial charge on any atom is -0.374 e. The third-order valence-corrected chi connectivity index (χ3v) is 2.66. The van der Waals surface area contributed by atoms with Gasteiger partial charge < -0.3 is 10.1 Å². The Bertz CT molecular complexity index is 374. The van der Waals surface area contributed by atoms with Crippen molar-refractivity contribution in [2.45, 2.75) is 25.7 Å². The molecule has 4 nitrogen and oxygen atoms in total. The molecule has 1 N–H and O–H groups in total. The first-order valence-electron chi connectivity index (χ1n) is 5.70. The molecule has 0 amide bonds. The highest BCUT2D eigenvalue weighted by molar-refractivity contribution is 5.47. The van der Waals surface area contributed by atoms with Crippen LogP contribution in [0.3, 0.4) is 0 Å². The maximum Gasteiger partial charge on any atom is 0.261 e. The van der Waals surface area contributed by atoms with E-state index in [1.807, 2.05) is 0 Å². The van der Waals surface area contributed by atoms with Crippen LogP contribution in [0.4, 0.5) is 14.6 Å². The Morgan fingerprint density at radius 2 is 2.24 bits per heavy atom. The van der Waals surface area contributed by atoms with E-state index in [-0.39, 0.29) is 6.61 Å². The standard InChI is InChI=1S/C11H15F2N3O/c12-10(13)6-17-5-4-14-11-8-2-1-3-9(8)15-7-16-11/h7,10H,1-6H2,(H,14,15,16). The first-order chi connectivity index (χ1) is 8.27. The molecule has 17 heavy (non-hydrogen) atoms. The van der Waals surface area contributed by atoms with Gasteiger partial charge >= 0.3 is 0 Å². The van der Waals surface area contributed by atoms with Gasteiger partial charge in [-0.1, -0.05) is 0 Å². The van der Waals surface area contributed by atoms with Crippen molar-refractivity contribution >= 4 is 5.82 Å². The van der Waals surface area contributed by atoms with E-state index < -0.39 is 13.0 Å². The lowest BCUT2D eigenvalue weighted by Crippen LogP contribution is -2.14. The van der Waals surface area contributed by atoms with Crippen LogP contribution in [-0.4, -0.2) is 36.2 Å². The Balaban J connectivity index is 1.78. The van der Waals surface area contributed by atoms with Gasteiger partial charge in [0.1, 0.15) is 18.8 Å². The molecule has 1 heterocycles. The predicted molar refractivity (Wildman–Crippen MR) is 59.4 cm³/mol. The zero-order valence-electron chi connectivity index (χ0n) is 9.46. The number of hydrogen-bond donors (Lipinski definition) is 1. The molecule has 0 aromatic carbocycles. The van der Waals surface area contributed by atoms with Crippen molar-refractivity contribution < 1.29 is 13.5 Å². The maximum absolute atomic E-state index is 11.8. The number of fused-ring (bicyclic) bond motifs is 1. The molecule has 0 saturated heterocycles.